The van der Waals surface area contributed by atoms with Gasteiger partial charge in [-0.2, -0.15) is 0 Å². The van der Waals surface area contributed by atoms with Crippen LogP contribution >= 0.6 is 0 Å². The number of fused-ring (bicyclic) bond motifs is 1. The third-order valence-electron chi connectivity index (χ3n) is 2.14. The van der Waals surface area contributed by atoms with Crippen molar-refractivity contribution in [3.05, 3.63) is 29.3 Å². The normalized spacial score (nSPS) is 20.7. The maximum atomic E-state index is 12.8. The molecular formula is C9H9F2NO. The van der Waals surface area contributed by atoms with Crippen molar-refractivity contribution >= 4 is 0 Å². The molecule has 1 aliphatic rings. The molecule has 0 bridgehead atoms. The fourth-order valence-corrected chi connectivity index (χ4v) is 1.41. The van der Waals surface area contributed by atoms with Gasteiger partial charge in [-0.05, 0) is 6.07 Å². The van der Waals surface area contributed by atoms with E-state index in [1.807, 2.05) is 0 Å². The maximum Gasteiger partial charge on any atom is 0.162 e. The van der Waals surface area contributed by atoms with Crippen LogP contribution in [0.15, 0.2) is 12.1 Å². The Morgan fingerprint density at radius 2 is 2.00 bits per heavy atom. The molecule has 1 aromatic rings. The number of rotatable bonds is 0. The predicted octanol–water partition coefficient (Wildman–Crippen LogP) is 1.75. The molecule has 0 amide bonds. The van der Waals surface area contributed by atoms with Gasteiger partial charge in [0.25, 0.3) is 0 Å². The lowest BCUT2D eigenvalue weighted by molar-refractivity contribution is 0.265. The molecule has 0 aliphatic carbocycles. The zero-order valence-corrected chi connectivity index (χ0v) is 6.89. The van der Waals surface area contributed by atoms with Crippen molar-refractivity contribution in [2.75, 3.05) is 6.61 Å². The average molecular weight is 185 g/mol. The minimum absolute atomic E-state index is 0.251. The van der Waals surface area contributed by atoms with E-state index in [1.165, 1.54) is 0 Å². The van der Waals surface area contributed by atoms with Crippen LogP contribution in [0.5, 0.6) is 5.75 Å². The third-order valence-corrected chi connectivity index (χ3v) is 2.14. The molecule has 4 heteroatoms. The lowest BCUT2D eigenvalue weighted by Crippen LogP contribution is -2.21. The van der Waals surface area contributed by atoms with E-state index in [0.29, 0.717) is 24.3 Å². The minimum Gasteiger partial charge on any atom is -0.493 e. The number of ether oxygens (including phenoxy) is 1. The molecule has 13 heavy (non-hydrogen) atoms. The molecule has 2 nitrogen and oxygen atoms in total. The predicted molar refractivity (Wildman–Crippen MR) is 43.4 cm³/mol. The van der Waals surface area contributed by atoms with Crippen molar-refractivity contribution in [2.24, 2.45) is 5.73 Å². The highest BCUT2D eigenvalue weighted by Gasteiger charge is 2.20. The Morgan fingerprint density at radius 1 is 1.31 bits per heavy atom. The first-order chi connectivity index (χ1) is 6.18. The minimum atomic E-state index is -0.896. The van der Waals surface area contributed by atoms with E-state index in [1.54, 1.807) is 0 Å². The summed E-state index contributed by atoms with van der Waals surface area (Å²) in [5.74, 6) is -1.41. The van der Waals surface area contributed by atoms with E-state index in [2.05, 4.69) is 0 Å². The van der Waals surface area contributed by atoms with Gasteiger partial charge < -0.3 is 10.5 Å². The van der Waals surface area contributed by atoms with Gasteiger partial charge in [-0.15, -0.1) is 0 Å². The molecule has 2 N–H and O–H groups in total. The molecule has 0 saturated heterocycles. The van der Waals surface area contributed by atoms with E-state index in [-0.39, 0.29) is 6.04 Å². The summed E-state index contributed by atoms with van der Waals surface area (Å²) < 4.78 is 30.7. The van der Waals surface area contributed by atoms with Gasteiger partial charge in [-0.1, -0.05) is 0 Å². The molecule has 1 heterocycles. The van der Waals surface area contributed by atoms with Crippen molar-refractivity contribution in [3.8, 4) is 5.75 Å². The van der Waals surface area contributed by atoms with Gasteiger partial charge in [0, 0.05) is 24.1 Å². The Morgan fingerprint density at radius 3 is 2.77 bits per heavy atom. The van der Waals surface area contributed by atoms with Crippen LogP contribution in [0.2, 0.25) is 0 Å². The van der Waals surface area contributed by atoms with E-state index in [9.17, 15) is 8.78 Å². The molecule has 0 spiro atoms. The lowest BCUT2D eigenvalue weighted by Gasteiger charge is -2.22. The van der Waals surface area contributed by atoms with E-state index < -0.39 is 11.6 Å². The monoisotopic (exact) mass is 185 g/mol. The van der Waals surface area contributed by atoms with Gasteiger partial charge in [0.1, 0.15) is 5.75 Å². The molecule has 1 aromatic carbocycles. The Labute approximate surface area is 74.3 Å². The van der Waals surface area contributed by atoms with E-state index in [0.717, 1.165) is 12.1 Å². The van der Waals surface area contributed by atoms with Gasteiger partial charge in [0.15, 0.2) is 11.6 Å². The summed E-state index contributed by atoms with van der Waals surface area (Å²) in [5, 5.41) is 0. The summed E-state index contributed by atoms with van der Waals surface area (Å²) >= 11 is 0. The van der Waals surface area contributed by atoms with Crippen LogP contribution in [0.4, 0.5) is 8.78 Å². The van der Waals surface area contributed by atoms with Gasteiger partial charge >= 0.3 is 0 Å². The van der Waals surface area contributed by atoms with Crippen LogP contribution in [0.1, 0.15) is 18.0 Å². The standard InChI is InChI=1S/C9H9F2NO/c10-6-3-5-8(12)1-2-13-9(5)4-7(6)11/h3-4,8H,1-2,12H2. The van der Waals surface area contributed by atoms with Crippen LogP contribution in [0, 0.1) is 11.6 Å². The molecule has 1 atom stereocenters. The van der Waals surface area contributed by atoms with Crippen molar-refractivity contribution in [1.82, 2.24) is 0 Å². The first kappa shape index (κ1) is 8.44. The van der Waals surface area contributed by atoms with Crippen molar-refractivity contribution in [2.45, 2.75) is 12.5 Å². The summed E-state index contributed by atoms with van der Waals surface area (Å²) in [6.07, 6.45) is 0.637. The number of hydrogen-bond acceptors (Lipinski definition) is 2. The molecule has 0 fully saturated rings. The topological polar surface area (TPSA) is 35.2 Å². The van der Waals surface area contributed by atoms with Crippen LogP contribution in [-0.4, -0.2) is 6.61 Å². The maximum absolute atomic E-state index is 12.8. The van der Waals surface area contributed by atoms with Crippen molar-refractivity contribution in [3.63, 3.8) is 0 Å². The van der Waals surface area contributed by atoms with Crippen molar-refractivity contribution in [1.29, 1.82) is 0 Å². The molecule has 0 aromatic heterocycles. The largest absolute Gasteiger partial charge is 0.493 e. The van der Waals surface area contributed by atoms with E-state index in [4.69, 9.17) is 10.5 Å². The van der Waals surface area contributed by atoms with Gasteiger partial charge in [-0.3, -0.25) is 0 Å². The smallest absolute Gasteiger partial charge is 0.162 e. The quantitative estimate of drug-likeness (QED) is 0.668. The summed E-state index contributed by atoms with van der Waals surface area (Å²) in [6, 6.07) is 1.90. The highest BCUT2D eigenvalue weighted by molar-refractivity contribution is 5.38. The molecule has 1 unspecified atom stereocenters. The Kier molecular flexibility index (Phi) is 1.92. The second-order valence-corrected chi connectivity index (χ2v) is 3.05. The summed E-state index contributed by atoms with van der Waals surface area (Å²) in [6.45, 7) is 0.458. The molecule has 2 rings (SSSR count). The van der Waals surface area contributed by atoms with E-state index >= 15 is 0 Å². The Hall–Kier alpha value is -1.16. The SMILES string of the molecule is NC1CCOc2cc(F)c(F)cc21. The number of nitrogens with two attached hydrogens (primary N) is 1. The Balaban J connectivity index is 2.52. The molecular weight excluding hydrogens is 176 g/mol. The highest BCUT2D eigenvalue weighted by atomic mass is 19.2. The summed E-state index contributed by atoms with van der Waals surface area (Å²) in [5.41, 5.74) is 6.24. The third kappa shape index (κ3) is 1.37. The average Bonchev–Trinajstić information content (AvgIpc) is 2.09. The fraction of sp³-hybridized carbons (Fsp3) is 0.333. The molecule has 1 aliphatic heterocycles. The molecule has 0 saturated carbocycles. The van der Waals surface area contributed by atoms with Crippen LogP contribution in [0.25, 0.3) is 0 Å². The second-order valence-electron chi connectivity index (χ2n) is 3.05. The van der Waals surface area contributed by atoms with Crippen LogP contribution in [-0.2, 0) is 0 Å². The molecule has 70 valence electrons. The number of hydrogen-bond donors (Lipinski definition) is 1. The van der Waals surface area contributed by atoms with Gasteiger partial charge in [0.05, 0.1) is 6.61 Å². The second kappa shape index (κ2) is 2.96. The first-order valence-electron chi connectivity index (χ1n) is 4.06. The zero-order chi connectivity index (χ0) is 9.42. The zero-order valence-electron chi connectivity index (χ0n) is 6.89. The van der Waals surface area contributed by atoms with Gasteiger partial charge in [0.2, 0.25) is 0 Å². The summed E-state index contributed by atoms with van der Waals surface area (Å²) in [7, 11) is 0. The molecule has 0 radical (unpaired) electrons. The fourth-order valence-electron chi connectivity index (χ4n) is 1.41. The first-order valence-corrected chi connectivity index (χ1v) is 4.06. The Bertz CT molecular complexity index is 341. The van der Waals surface area contributed by atoms with Crippen molar-refractivity contribution < 1.29 is 13.5 Å². The summed E-state index contributed by atoms with van der Waals surface area (Å²) in [4.78, 5) is 0. The highest BCUT2D eigenvalue weighted by Crippen LogP contribution is 2.31. The van der Waals surface area contributed by atoms with Crippen LogP contribution < -0.4 is 10.5 Å². The van der Waals surface area contributed by atoms with Gasteiger partial charge in [-0.25, -0.2) is 8.78 Å². The number of benzene rings is 1. The number of halogens is 2. The van der Waals surface area contributed by atoms with Crippen LogP contribution in [0.3, 0.4) is 0 Å². The lowest BCUT2D eigenvalue weighted by atomic mass is 10.0.